The molecule has 1 aliphatic heterocycles. The van der Waals surface area contributed by atoms with Gasteiger partial charge in [-0.15, -0.1) is 18.2 Å². The standard InChI is InChI=1S/C18H18N2O3S/c1-4-12-7-13-8-14(5-6-15(13)19-9-12)23-17(24-3)16(21)20-18(2)10-22-11-18/h1,5-9,17H,10-11H2,2-3H3,(H,20,21). The van der Waals surface area contributed by atoms with Crippen LogP contribution in [0.3, 0.4) is 0 Å². The molecule has 1 aromatic heterocycles. The van der Waals surface area contributed by atoms with Crippen LogP contribution in [0, 0.1) is 12.3 Å². The Morgan fingerprint density at radius 1 is 1.50 bits per heavy atom. The normalized spacial score (nSPS) is 16.7. The number of hydrogen-bond acceptors (Lipinski definition) is 5. The first-order valence-corrected chi connectivity index (χ1v) is 8.77. The van der Waals surface area contributed by atoms with Crippen LogP contribution in [0.1, 0.15) is 12.5 Å². The molecule has 6 heteroatoms. The van der Waals surface area contributed by atoms with Crippen LogP contribution in [0.4, 0.5) is 0 Å². The summed E-state index contributed by atoms with van der Waals surface area (Å²) in [6.45, 7) is 3.00. The summed E-state index contributed by atoms with van der Waals surface area (Å²) in [7, 11) is 0. The summed E-state index contributed by atoms with van der Waals surface area (Å²) >= 11 is 1.34. The van der Waals surface area contributed by atoms with Gasteiger partial charge in [0.2, 0.25) is 5.44 Å². The van der Waals surface area contributed by atoms with Gasteiger partial charge in [0.1, 0.15) is 5.75 Å². The summed E-state index contributed by atoms with van der Waals surface area (Å²) in [5.41, 5.74) is 0.592. The molecule has 0 spiro atoms. The average Bonchev–Trinajstić information content (AvgIpc) is 2.57. The minimum Gasteiger partial charge on any atom is -0.470 e. The lowest BCUT2D eigenvalue weighted by molar-refractivity contribution is -0.134. The molecule has 1 fully saturated rings. The number of pyridine rings is 1. The van der Waals surface area contributed by atoms with Crippen molar-refractivity contribution in [2.45, 2.75) is 17.9 Å². The molecule has 1 saturated heterocycles. The fourth-order valence-electron chi connectivity index (χ4n) is 2.43. The maximum atomic E-state index is 12.4. The van der Waals surface area contributed by atoms with Crippen molar-refractivity contribution in [1.29, 1.82) is 0 Å². The number of carbonyl (C=O) groups is 1. The minimum atomic E-state index is -0.636. The van der Waals surface area contributed by atoms with Crippen molar-refractivity contribution >= 4 is 28.6 Å². The monoisotopic (exact) mass is 342 g/mol. The zero-order valence-corrected chi connectivity index (χ0v) is 14.4. The summed E-state index contributed by atoms with van der Waals surface area (Å²) in [4.78, 5) is 16.7. The topological polar surface area (TPSA) is 60.5 Å². The van der Waals surface area contributed by atoms with E-state index < -0.39 is 5.44 Å². The number of benzene rings is 1. The number of nitrogens with one attached hydrogen (secondary N) is 1. The lowest BCUT2D eigenvalue weighted by atomic mass is 10.0. The van der Waals surface area contributed by atoms with Crippen molar-refractivity contribution in [2.75, 3.05) is 19.5 Å². The van der Waals surface area contributed by atoms with Gasteiger partial charge < -0.3 is 14.8 Å². The molecule has 3 rings (SSSR count). The van der Waals surface area contributed by atoms with E-state index in [9.17, 15) is 4.79 Å². The first-order valence-electron chi connectivity index (χ1n) is 7.49. The Bertz CT molecular complexity index is 812. The van der Waals surface area contributed by atoms with E-state index in [1.54, 1.807) is 12.3 Å². The molecule has 24 heavy (non-hydrogen) atoms. The summed E-state index contributed by atoms with van der Waals surface area (Å²) in [6.07, 6.45) is 8.90. The van der Waals surface area contributed by atoms with Crippen LogP contribution >= 0.6 is 11.8 Å². The Balaban J connectivity index is 1.76. The van der Waals surface area contributed by atoms with Crippen LogP contribution in [0.25, 0.3) is 10.9 Å². The molecule has 1 amide bonds. The predicted octanol–water partition coefficient (Wildman–Crippen LogP) is 2.19. The molecule has 1 aliphatic rings. The quantitative estimate of drug-likeness (QED) is 0.667. The second kappa shape index (κ2) is 6.71. The van der Waals surface area contributed by atoms with Gasteiger partial charge in [0.25, 0.3) is 5.91 Å². The highest BCUT2D eigenvalue weighted by Crippen LogP contribution is 2.24. The number of hydrogen-bond donors (Lipinski definition) is 1. The second-order valence-electron chi connectivity index (χ2n) is 5.95. The molecule has 124 valence electrons. The van der Waals surface area contributed by atoms with E-state index in [-0.39, 0.29) is 11.4 Å². The highest BCUT2D eigenvalue weighted by atomic mass is 32.2. The summed E-state index contributed by atoms with van der Waals surface area (Å²) in [5, 5.41) is 3.85. The number of thioether (sulfide) groups is 1. The smallest absolute Gasteiger partial charge is 0.272 e. The van der Waals surface area contributed by atoms with E-state index in [1.165, 1.54) is 11.8 Å². The third-order valence-corrected chi connectivity index (χ3v) is 4.50. The van der Waals surface area contributed by atoms with Crippen LogP contribution in [-0.2, 0) is 9.53 Å². The fourth-order valence-corrected chi connectivity index (χ4v) is 2.91. The SMILES string of the molecule is C#Cc1cnc2ccc(OC(SC)C(=O)NC3(C)COC3)cc2c1. The Kier molecular flexibility index (Phi) is 4.65. The van der Waals surface area contributed by atoms with Crippen molar-refractivity contribution in [2.24, 2.45) is 0 Å². The van der Waals surface area contributed by atoms with Crippen molar-refractivity contribution < 1.29 is 14.3 Å². The third kappa shape index (κ3) is 3.48. The van der Waals surface area contributed by atoms with E-state index in [1.807, 2.05) is 31.4 Å². The molecular weight excluding hydrogens is 324 g/mol. The van der Waals surface area contributed by atoms with Gasteiger partial charge in [-0.3, -0.25) is 9.78 Å². The maximum absolute atomic E-state index is 12.4. The van der Waals surface area contributed by atoms with Crippen LogP contribution in [0.2, 0.25) is 0 Å². The number of ether oxygens (including phenoxy) is 2. The molecule has 0 saturated carbocycles. The highest BCUT2D eigenvalue weighted by Gasteiger charge is 2.37. The molecule has 5 nitrogen and oxygen atoms in total. The van der Waals surface area contributed by atoms with Gasteiger partial charge >= 0.3 is 0 Å². The van der Waals surface area contributed by atoms with Crippen LogP contribution in [-0.4, -0.2) is 41.3 Å². The Morgan fingerprint density at radius 2 is 2.29 bits per heavy atom. The summed E-state index contributed by atoms with van der Waals surface area (Å²) in [5.74, 6) is 3.00. The van der Waals surface area contributed by atoms with E-state index in [0.29, 0.717) is 24.5 Å². The molecule has 2 heterocycles. The number of rotatable bonds is 5. The van der Waals surface area contributed by atoms with Crippen LogP contribution < -0.4 is 10.1 Å². The first-order chi connectivity index (χ1) is 11.5. The maximum Gasteiger partial charge on any atom is 0.272 e. The molecule has 1 unspecified atom stereocenters. The van der Waals surface area contributed by atoms with Gasteiger partial charge in [0, 0.05) is 17.1 Å². The van der Waals surface area contributed by atoms with Gasteiger partial charge in [0.05, 0.1) is 24.3 Å². The largest absolute Gasteiger partial charge is 0.470 e. The first kappa shape index (κ1) is 16.6. The molecule has 0 bridgehead atoms. The van der Waals surface area contributed by atoms with E-state index >= 15 is 0 Å². The second-order valence-corrected chi connectivity index (χ2v) is 6.85. The van der Waals surface area contributed by atoms with Gasteiger partial charge in [-0.1, -0.05) is 5.92 Å². The number of terminal acetylenes is 1. The van der Waals surface area contributed by atoms with Crippen LogP contribution in [0.15, 0.2) is 30.5 Å². The molecule has 1 atom stereocenters. The number of fused-ring (bicyclic) bond motifs is 1. The van der Waals surface area contributed by atoms with Crippen LogP contribution in [0.5, 0.6) is 5.75 Å². The van der Waals surface area contributed by atoms with Crippen molar-refractivity contribution in [3.05, 3.63) is 36.0 Å². The molecule has 0 aliphatic carbocycles. The molecule has 1 N–H and O–H groups in total. The zero-order valence-electron chi connectivity index (χ0n) is 13.5. The average molecular weight is 342 g/mol. The third-order valence-electron chi connectivity index (χ3n) is 3.76. The zero-order chi connectivity index (χ0) is 17.2. The minimum absolute atomic E-state index is 0.163. The Labute approximate surface area is 145 Å². The molecular formula is C18H18N2O3S. The summed E-state index contributed by atoms with van der Waals surface area (Å²) in [6, 6.07) is 7.36. The van der Waals surface area contributed by atoms with Gasteiger partial charge in [0.15, 0.2) is 0 Å². The van der Waals surface area contributed by atoms with Gasteiger partial charge in [-0.2, -0.15) is 0 Å². The number of nitrogens with zero attached hydrogens (tertiary/aromatic N) is 1. The Hall–Kier alpha value is -2.23. The molecule has 1 aromatic carbocycles. The Morgan fingerprint density at radius 3 is 2.92 bits per heavy atom. The van der Waals surface area contributed by atoms with Gasteiger partial charge in [-0.25, -0.2) is 0 Å². The summed E-state index contributed by atoms with van der Waals surface area (Å²) < 4.78 is 11.0. The lowest BCUT2D eigenvalue weighted by Gasteiger charge is -2.39. The van der Waals surface area contributed by atoms with E-state index in [4.69, 9.17) is 15.9 Å². The lowest BCUT2D eigenvalue weighted by Crippen LogP contribution is -2.61. The molecule has 0 radical (unpaired) electrons. The number of carbonyl (C=O) groups excluding carboxylic acids is 1. The van der Waals surface area contributed by atoms with E-state index in [0.717, 1.165) is 10.9 Å². The predicted molar refractivity (Wildman–Crippen MR) is 95.0 cm³/mol. The van der Waals surface area contributed by atoms with Crippen molar-refractivity contribution in [3.63, 3.8) is 0 Å². The van der Waals surface area contributed by atoms with Crippen molar-refractivity contribution in [3.8, 4) is 18.1 Å². The molecule has 2 aromatic rings. The van der Waals surface area contributed by atoms with E-state index in [2.05, 4.69) is 16.2 Å². The van der Waals surface area contributed by atoms with Gasteiger partial charge in [-0.05, 0) is 37.4 Å². The number of amides is 1. The number of aromatic nitrogens is 1. The van der Waals surface area contributed by atoms with Crippen molar-refractivity contribution in [1.82, 2.24) is 10.3 Å². The fraction of sp³-hybridized carbons (Fsp3) is 0.333. The highest BCUT2D eigenvalue weighted by molar-refractivity contribution is 7.99.